The minimum absolute atomic E-state index is 0.0188. The van der Waals surface area contributed by atoms with Crippen LogP contribution in [0.1, 0.15) is 18.5 Å². The average Bonchev–Trinajstić information content (AvgIpc) is 3.37. The zero-order valence-electron chi connectivity index (χ0n) is 13.8. The number of benzene rings is 1. The van der Waals surface area contributed by atoms with E-state index in [2.05, 4.69) is 27.3 Å². The van der Waals surface area contributed by atoms with Crippen molar-refractivity contribution in [2.75, 3.05) is 23.3 Å². The Morgan fingerprint density at radius 1 is 1.12 bits per heavy atom. The molecule has 25 heavy (non-hydrogen) atoms. The molecule has 6 heteroatoms. The SMILES string of the molecule is O=C(Cc1csc(-c2cccs2)n1)Nc1ccccc1N1CCCC1. The van der Waals surface area contributed by atoms with Crippen molar-refractivity contribution >= 4 is 40.0 Å². The fourth-order valence-electron chi connectivity index (χ4n) is 3.07. The maximum absolute atomic E-state index is 12.5. The summed E-state index contributed by atoms with van der Waals surface area (Å²) >= 11 is 3.26. The van der Waals surface area contributed by atoms with E-state index in [4.69, 9.17) is 0 Å². The Morgan fingerprint density at radius 2 is 1.96 bits per heavy atom. The van der Waals surface area contributed by atoms with Crippen LogP contribution in [0.25, 0.3) is 9.88 Å². The Labute approximate surface area is 155 Å². The van der Waals surface area contributed by atoms with E-state index in [1.165, 1.54) is 12.8 Å². The maximum Gasteiger partial charge on any atom is 0.230 e. The van der Waals surface area contributed by atoms with Gasteiger partial charge in [-0.1, -0.05) is 18.2 Å². The smallest absolute Gasteiger partial charge is 0.230 e. The first-order valence-electron chi connectivity index (χ1n) is 8.42. The zero-order chi connectivity index (χ0) is 17.1. The molecule has 1 aliphatic heterocycles. The highest BCUT2D eigenvalue weighted by Crippen LogP contribution is 2.30. The van der Waals surface area contributed by atoms with Gasteiger partial charge in [-0.15, -0.1) is 22.7 Å². The van der Waals surface area contributed by atoms with Gasteiger partial charge in [-0.25, -0.2) is 4.98 Å². The van der Waals surface area contributed by atoms with Crippen LogP contribution in [-0.4, -0.2) is 24.0 Å². The quantitative estimate of drug-likeness (QED) is 0.712. The van der Waals surface area contributed by atoms with E-state index >= 15 is 0 Å². The van der Waals surface area contributed by atoms with Crippen LogP contribution in [0.3, 0.4) is 0 Å². The topological polar surface area (TPSA) is 45.2 Å². The summed E-state index contributed by atoms with van der Waals surface area (Å²) in [5.41, 5.74) is 2.83. The Balaban J connectivity index is 1.44. The van der Waals surface area contributed by atoms with E-state index in [1.807, 2.05) is 35.0 Å². The van der Waals surface area contributed by atoms with Gasteiger partial charge in [0.05, 0.1) is 28.4 Å². The summed E-state index contributed by atoms with van der Waals surface area (Å²) in [6.45, 7) is 2.12. The Bertz CT molecular complexity index is 851. The molecular formula is C19H19N3OS2. The molecular weight excluding hydrogens is 350 g/mol. The summed E-state index contributed by atoms with van der Waals surface area (Å²) in [4.78, 5) is 20.6. The van der Waals surface area contributed by atoms with Gasteiger partial charge in [0.15, 0.2) is 0 Å². The second kappa shape index (κ2) is 7.37. The van der Waals surface area contributed by atoms with Crippen molar-refractivity contribution in [2.45, 2.75) is 19.3 Å². The van der Waals surface area contributed by atoms with Gasteiger partial charge in [0.2, 0.25) is 5.91 Å². The van der Waals surface area contributed by atoms with Crippen molar-refractivity contribution in [2.24, 2.45) is 0 Å². The molecule has 0 unspecified atom stereocenters. The summed E-state index contributed by atoms with van der Waals surface area (Å²) in [7, 11) is 0. The van der Waals surface area contributed by atoms with Gasteiger partial charge in [-0.05, 0) is 36.4 Å². The van der Waals surface area contributed by atoms with E-state index in [9.17, 15) is 4.79 Å². The number of carbonyl (C=O) groups excluding carboxylic acids is 1. The molecule has 4 nitrogen and oxygen atoms in total. The highest BCUT2D eigenvalue weighted by molar-refractivity contribution is 7.20. The summed E-state index contributed by atoms with van der Waals surface area (Å²) in [5, 5.41) is 8.06. The third-order valence-electron chi connectivity index (χ3n) is 4.25. The molecule has 1 aromatic carbocycles. The third-order valence-corrected chi connectivity index (χ3v) is 6.18. The molecule has 1 N–H and O–H groups in total. The molecule has 1 saturated heterocycles. The first kappa shape index (κ1) is 16.3. The predicted molar refractivity (Wildman–Crippen MR) is 106 cm³/mol. The molecule has 0 radical (unpaired) electrons. The van der Waals surface area contributed by atoms with Gasteiger partial charge in [0.25, 0.3) is 0 Å². The lowest BCUT2D eigenvalue weighted by Gasteiger charge is -2.21. The standard InChI is InChI=1S/C19H19N3OS2/c23-18(12-14-13-25-19(20-14)17-8-5-11-24-17)21-15-6-1-2-7-16(15)22-9-3-4-10-22/h1-2,5-8,11,13H,3-4,9-10,12H2,(H,21,23). The molecule has 0 aliphatic carbocycles. The number of hydrogen-bond donors (Lipinski definition) is 1. The van der Waals surface area contributed by atoms with Crippen LogP contribution in [0.15, 0.2) is 47.2 Å². The minimum Gasteiger partial charge on any atom is -0.370 e. The summed E-state index contributed by atoms with van der Waals surface area (Å²) < 4.78 is 0. The lowest BCUT2D eigenvalue weighted by Crippen LogP contribution is -2.21. The van der Waals surface area contributed by atoms with Crippen LogP contribution < -0.4 is 10.2 Å². The van der Waals surface area contributed by atoms with Crippen LogP contribution in [0.4, 0.5) is 11.4 Å². The molecule has 0 spiro atoms. The number of hydrogen-bond acceptors (Lipinski definition) is 5. The van der Waals surface area contributed by atoms with Crippen molar-refractivity contribution in [3.05, 3.63) is 52.9 Å². The Morgan fingerprint density at radius 3 is 2.76 bits per heavy atom. The zero-order valence-corrected chi connectivity index (χ0v) is 15.4. The van der Waals surface area contributed by atoms with Gasteiger partial charge in [0.1, 0.15) is 5.01 Å². The van der Waals surface area contributed by atoms with Crippen LogP contribution in [0.2, 0.25) is 0 Å². The van der Waals surface area contributed by atoms with Crippen LogP contribution >= 0.6 is 22.7 Å². The minimum atomic E-state index is -0.0188. The first-order chi connectivity index (χ1) is 12.3. The van der Waals surface area contributed by atoms with Gasteiger partial charge in [-0.2, -0.15) is 0 Å². The van der Waals surface area contributed by atoms with Gasteiger partial charge in [-0.3, -0.25) is 4.79 Å². The number of anilines is 2. The van der Waals surface area contributed by atoms with Crippen LogP contribution in [0.5, 0.6) is 0 Å². The van der Waals surface area contributed by atoms with Gasteiger partial charge >= 0.3 is 0 Å². The van der Waals surface area contributed by atoms with Crippen molar-refractivity contribution in [3.63, 3.8) is 0 Å². The fourth-order valence-corrected chi connectivity index (χ4v) is 4.71. The number of carbonyl (C=O) groups is 1. The first-order valence-corrected chi connectivity index (χ1v) is 10.2. The molecule has 128 valence electrons. The molecule has 1 aliphatic rings. The van der Waals surface area contributed by atoms with E-state index in [-0.39, 0.29) is 5.91 Å². The monoisotopic (exact) mass is 369 g/mol. The highest BCUT2D eigenvalue weighted by atomic mass is 32.1. The van der Waals surface area contributed by atoms with Crippen molar-refractivity contribution in [1.82, 2.24) is 4.98 Å². The molecule has 3 heterocycles. The molecule has 0 saturated carbocycles. The number of thiazole rings is 1. The van der Waals surface area contributed by atoms with Crippen LogP contribution in [0, 0.1) is 0 Å². The van der Waals surface area contributed by atoms with Crippen molar-refractivity contribution in [3.8, 4) is 9.88 Å². The van der Waals surface area contributed by atoms with Gasteiger partial charge < -0.3 is 10.2 Å². The Hall–Kier alpha value is -2.18. The number of thiophene rings is 1. The number of nitrogens with zero attached hydrogens (tertiary/aromatic N) is 2. The van der Waals surface area contributed by atoms with E-state index < -0.39 is 0 Å². The number of nitrogens with one attached hydrogen (secondary N) is 1. The summed E-state index contributed by atoms with van der Waals surface area (Å²) in [5.74, 6) is -0.0188. The molecule has 1 amide bonds. The number of aromatic nitrogens is 1. The predicted octanol–water partition coefficient (Wildman–Crippen LogP) is 4.65. The lowest BCUT2D eigenvalue weighted by molar-refractivity contribution is -0.115. The number of rotatable bonds is 5. The lowest BCUT2D eigenvalue weighted by atomic mass is 10.2. The molecule has 0 bridgehead atoms. The van der Waals surface area contributed by atoms with E-state index in [0.29, 0.717) is 6.42 Å². The van der Waals surface area contributed by atoms with E-state index in [0.717, 1.165) is 40.0 Å². The van der Waals surface area contributed by atoms with E-state index in [1.54, 1.807) is 22.7 Å². The van der Waals surface area contributed by atoms with Crippen LogP contribution in [-0.2, 0) is 11.2 Å². The largest absolute Gasteiger partial charge is 0.370 e. The third kappa shape index (κ3) is 3.75. The average molecular weight is 370 g/mol. The van der Waals surface area contributed by atoms with Gasteiger partial charge in [0, 0.05) is 18.5 Å². The molecule has 0 atom stereocenters. The maximum atomic E-state index is 12.5. The second-order valence-corrected chi connectivity index (χ2v) is 7.86. The molecule has 3 aromatic rings. The Kier molecular flexibility index (Phi) is 4.81. The summed E-state index contributed by atoms with van der Waals surface area (Å²) in [6, 6.07) is 12.1. The molecule has 4 rings (SSSR count). The number of para-hydroxylation sites is 2. The normalized spacial score (nSPS) is 14.0. The molecule has 2 aromatic heterocycles. The summed E-state index contributed by atoms with van der Waals surface area (Å²) in [6.07, 6.45) is 2.73. The second-order valence-electron chi connectivity index (χ2n) is 6.06. The highest BCUT2D eigenvalue weighted by Gasteiger charge is 2.17. The van der Waals surface area contributed by atoms with Crippen molar-refractivity contribution in [1.29, 1.82) is 0 Å². The molecule has 1 fully saturated rings. The number of amides is 1. The fraction of sp³-hybridized carbons (Fsp3) is 0.263. The van der Waals surface area contributed by atoms with Crippen molar-refractivity contribution < 1.29 is 4.79 Å².